The standard InChI is InChI=1S/C18H17BrN6O2/c1-18(2,3)27-17(26)25-10-21-12-5-4-11(8-13(12)25)22-15-16-20-6-7-24(16)9-14(19)23-15/h4-10H,1-3H3,(H,22,23). The molecule has 0 saturated carbocycles. The van der Waals surface area contributed by atoms with Crippen LogP contribution >= 0.6 is 15.9 Å². The van der Waals surface area contributed by atoms with Crippen molar-refractivity contribution in [3.63, 3.8) is 0 Å². The Morgan fingerprint density at radius 1 is 1.26 bits per heavy atom. The van der Waals surface area contributed by atoms with Gasteiger partial charge in [0.25, 0.3) is 0 Å². The van der Waals surface area contributed by atoms with Gasteiger partial charge in [-0.05, 0) is 54.9 Å². The van der Waals surface area contributed by atoms with Gasteiger partial charge in [0, 0.05) is 24.3 Å². The highest BCUT2D eigenvalue weighted by Gasteiger charge is 2.19. The van der Waals surface area contributed by atoms with E-state index in [1.165, 1.54) is 10.9 Å². The summed E-state index contributed by atoms with van der Waals surface area (Å²) < 4.78 is 9.38. The van der Waals surface area contributed by atoms with Crippen molar-refractivity contribution in [3.8, 4) is 0 Å². The molecule has 9 heteroatoms. The molecule has 8 nitrogen and oxygen atoms in total. The van der Waals surface area contributed by atoms with E-state index < -0.39 is 11.7 Å². The Morgan fingerprint density at radius 3 is 2.85 bits per heavy atom. The van der Waals surface area contributed by atoms with Crippen LogP contribution in [0.25, 0.3) is 16.7 Å². The van der Waals surface area contributed by atoms with Crippen LogP contribution in [-0.2, 0) is 4.74 Å². The van der Waals surface area contributed by atoms with Crippen LogP contribution in [0.15, 0.2) is 47.7 Å². The molecule has 3 heterocycles. The molecule has 0 atom stereocenters. The van der Waals surface area contributed by atoms with Crippen LogP contribution < -0.4 is 5.32 Å². The smallest absolute Gasteiger partial charge is 0.420 e. The summed E-state index contributed by atoms with van der Waals surface area (Å²) >= 11 is 3.40. The van der Waals surface area contributed by atoms with Crippen molar-refractivity contribution in [1.82, 2.24) is 23.9 Å². The van der Waals surface area contributed by atoms with Crippen molar-refractivity contribution < 1.29 is 9.53 Å². The van der Waals surface area contributed by atoms with E-state index in [0.29, 0.717) is 27.1 Å². The highest BCUT2D eigenvalue weighted by molar-refractivity contribution is 9.10. The van der Waals surface area contributed by atoms with Crippen LogP contribution in [0.3, 0.4) is 0 Å². The molecule has 0 unspecified atom stereocenters. The highest BCUT2D eigenvalue weighted by Crippen LogP contribution is 2.25. The van der Waals surface area contributed by atoms with Gasteiger partial charge in [0.2, 0.25) is 0 Å². The zero-order valence-electron chi connectivity index (χ0n) is 15.0. The Bertz CT molecular complexity index is 1160. The monoisotopic (exact) mass is 428 g/mol. The summed E-state index contributed by atoms with van der Waals surface area (Å²) in [6.07, 6.45) is 6.36. The Kier molecular flexibility index (Phi) is 4.11. The van der Waals surface area contributed by atoms with Gasteiger partial charge in [-0.1, -0.05) is 0 Å². The second kappa shape index (κ2) is 6.34. The number of carbonyl (C=O) groups excluding carboxylic acids is 1. The minimum atomic E-state index is -0.587. The number of fused-ring (bicyclic) bond motifs is 2. The summed E-state index contributed by atoms with van der Waals surface area (Å²) in [5.74, 6) is 0.594. The number of aromatic nitrogens is 5. The maximum atomic E-state index is 12.4. The first kappa shape index (κ1) is 17.5. The van der Waals surface area contributed by atoms with Crippen LogP contribution in [0.5, 0.6) is 0 Å². The second-order valence-corrected chi connectivity index (χ2v) is 7.81. The first-order valence-corrected chi connectivity index (χ1v) is 9.06. The lowest BCUT2D eigenvalue weighted by atomic mass is 10.2. The largest absolute Gasteiger partial charge is 0.443 e. The van der Waals surface area contributed by atoms with Gasteiger partial charge in [-0.15, -0.1) is 0 Å². The van der Waals surface area contributed by atoms with Crippen LogP contribution in [-0.4, -0.2) is 35.6 Å². The Morgan fingerprint density at radius 2 is 2.07 bits per heavy atom. The number of carbonyl (C=O) groups is 1. The van der Waals surface area contributed by atoms with Gasteiger partial charge >= 0.3 is 6.09 Å². The van der Waals surface area contributed by atoms with Crippen LogP contribution in [0, 0.1) is 0 Å². The zero-order valence-corrected chi connectivity index (χ0v) is 16.6. The molecule has 4 rings (SSSR count). The van der Waals surface area contributed by atoms with E-state index in [4.69, 9.17) is 4.74 Å². The zero-order chi connectivity index (χ0) is 19.2. The number of halogens is 1. The molecule has 138 valence electrons. The van der Waals surface area contributed by atoms with Crippen molar-refractivity contribution in [3.05, 3.63) is 47.7 Å². The molecule has 4 aromatic rings. The van der Waals surface area contributed by atoms with Gasteiger partial charge < -0.3 is 14.5 Å². The van der Waals surface area contributed by atoms with Gasteiger partial charge in [-0.3, -0.25) is 0 Å². The number of benzene rings is 1. The highest BCUT2D eigenvalue weighted by atomic mass is 79.9. The van der Waals surface area contributed by atoms with Crippen molar-refractivity contribution >= 4 is 50.2 Å². The first-order chi connectivity index (χ1) is 12.8. The van der Waals surface area contributed by atoms with Gasteiger partial charge in [0.1, 0.15) is 16.5 Å². The number of imidazole rings is 2. The normalized spacial score (nSPS) is 11.9. The van der Waals surface area contributed by atoms with E-state index in [0.717, 1.165) is 5.69 Å². The lowest BCUT2D eigenvalue weighted by Gasteiger charge is -2.19. The fourth-order valence-electron chi connectivity index (χ4n) is 2.66. The minimum Gasteiger partial charge on any atom is -0.443 e. The van der Waals surface area contributed by atoms with Crippen LogP contribution in [0.4, 0.5) is 16.3 Å². The maximum Gasteiger partial charge on any atom is 0.420 e. The molecule has 0 aliphatic rings. The predicted octanol–water partition coefficient (Wildman–Crippen LogP) is 4.37. The first-order valence-electron chi connectivity index (χ1n) is 8.27. The molecule has 0 aliphatic heterocycles. The molecule has 0 saturated heterocycles. The van der Waals surface area contributed by atoms with Crippen molar-refractivity contribution in [2.24, 2.45) is 0 Å². The summed E-state index contributed by atoms with van der Waals surface area (Å²) in [4.78, 5) is 25.5. The number of nitrogens with zero attached hydrogens (tertiary/aromatic N) is 5. The number of nitrogens with one attached hydrogen (secondary N) is 1. The lowest BCUT2D eigenvalue weighted by molar-refractivity contribution is 0.0543. The number of rotatable bonds is 2. The third-order valence-electron chi connectivity index (χ3n) is 3.74. The average molecular weight is 429 g/mol. The quantitative estimate of drug-likeness (QED) is 0.509. The molecule has 0 bridgehead atoms. The molecule has 0 radical (unpaired) electrons. The second-order valence-electron chi connectivity index (χ2n) is 6.99. The van der Waals surface area contributed by atoms with Crippen LogP contribution in [0.2, 0.25) is 0 Å². The molecule has 1 N–H and O–H groups in total. The van der Waals surface area contributed by atoms with Crippen molar-refractivity contribution in [2.75, 3.05) is 5.32 Å². The molecule has 27 heavy (non-hydrogen) atoms. The molecule has 0 amide bonds. The lowest BCUT2D eigenvalue weighted by Crippen LogP contribution is -2.26. The molecular formula is C18H17BrN6O2. The van der Waals surface area contributed by atoms with E-state index in [1.54, 1.807) is 6.20 Å². The van der Waals surface area contributed by atoms with E-state index >= 15 is 0 Å². The summed E-state index contributed by atoms with van der Waals surface area (Å²) in [6.45, 7) is 5.48. The Labute approximate surface area is 163 Å². The van der Waals surface area contributed by atoms with E-state index in [9.17, 15) is 4.79 Å². The molecule has 0 aliphatic carbocycles. The summed E-state index contributed by atoms with van der Waals surface area (Å²) in [6, 6.07) is 5.53. The molecule has 0 fully saturated rings. The SMILES string of the molecule is CC(C)(C)OC(=O)n1cnc2ccc(Nc3nc(Br)cn4ccnc34)cc21. The van der Waals surface area contributed by atoms with E-state index in [1.807, 2.05) is 55.8 Å². The fourth-order valence-corrected chi connectivity index (χ4v) is 3.06. The van der Waals surface area contributed by atoms with E-state index in [2.05, 4.69) is 36.2 Å². The maximum absolute atomic E-state index is 12.4. The van der Waals surface area contributed by atoms with Gasteiger partial charge in [0.05, 0.1) is 11.0 Å². The van der Waals surface area contributed by atoms with Crippen molar-refractivity contribution in [2.45, 2.75) is 26.4 Å². The summed E-state index contributed by atoms with van der Waals surface area (Å²) in [5, 5.41) is 3.25. The number of anilines is 2. The van der Waals surface area contributed by atoms with Crippen LogP contribution in [0.1, 0.15) is 20.8 Å². The summed E-state index contributed by atoms with van der Waals surface area (Å²) in [5.41, 5.74) is 2.20. The predicted molar refractivity (Wildman–Crippen MR) is 105 cm³/mol. The van der Waals surface area contributed by atoms with Gasteiger partial charge in [0.15, 0.2) is 11.5 Å². The third-order valence-corrected chi connectivity index (χ3v) is 4.13. The third kappa shape index (κ3) is 3.50. The number of hydrogen-bond acceptors (Lipinski definition) is 6. The minimum absolute atomic E-state index is 0.474. The van der Waals surface area contributed by atoms with Crippen molar-refractivity contribution in [1.29, 1.82) is 0 Å². The molecule has 1 aromatic carbocycles. The number of hydrogen-bond donors (Lipinski definition) is 1. The Balaban J connectivity index is 1.72. The topological polar surface area (TPSA) is 86.3 Å². The van der Waals surface area contributed by atoms with Gasteiger partial charge in [-0.2, -0.15) is 0 Å². The summed E-state index contributed by atoms with van der Waals surface area (Å²) in [7, 11) is 0. The number of ether oxygens (including phenoxy) is 1. The molecule has 0 spiro atoms. The molecule has 3 aromatic heterocycles. The Hall–Kier alpha value is -2.94. The van der Waals surface area contributed by atoms with E-state index in [-0.39, 0.29) is 0 Å². The van der Waals surface area contributed by atoms with Gasteiger partial charge in [-0.25, -0.2) is 24.3 Å². The molecular weight excluding hydrogens is 412 g/mol. The average Bonchev–Trinajstić information content (AvgIpc) is 3.19. The fraction of sp³-hybridized carbons (Fsp3) is 0.222.